The second kappa shape index (κ2) is 11.1. The van der Waals surface area contributed by atoms with Crippen LogP contribution in [0.4, 0.5) is 0 Å². The number of halogens is 4. The standard InChI is InChI=1S/C20H18Cl3NO2S.ClH/c1-25-19-9-14(10-24-11-15-3-2-6-27-15)8-18(23)20(19)26-12-13-4-5-16(21)17(22)7-13;/h2-9,24H,10-12H2,1H3;1H. The maximum absolute atomic E-state index is 6.44. The average molecular weight is 479 g/mol. The molecular weight excluding hydrogens is 460 g/mol. The third kappa shape index (κ3) is 6.18. The Kier molecular flexibility index (Phi) is 9.22. The molecule has 0 unspecified atom stereocenters. The number of thiophene rings is 1. The van der Waals surface area contributed by atoms with Crippen molar-refractivity contribution in [2.75, 3.05) is 7.11 Å². The molecule has 0 saturated carbocycles. The molecule has 3 nitrogen and oxygen atoms in total. The molecule has 0 amide bonds. The van der Waals surface area contributed by atoms with Crippen LogP contribution < -0.4 is 14.8 Å². The summed E-state index contributed by atoms with van der Waals surface area (Å²) in [6.07, 6.45) is 0. The number of hydrogen-bond donors (Lipinski definition) is 1. The molecule has 0 aliphatic carbocycles. The van der Waals surface area contributed by atoms with E-state index in [9.17, 15) is 0 Å². The molecule has 0 saturated heterocycles. The molecule has 0 bridgehead atoms. The lowest BCUT2D eigenvalue weighted by Crippen LogP contribution is -2.12. The Bertz CT molecular complexity index is 903. The minimum Gasteiger partial charge on any atom is -0.493 e. The summed E-state index contributed by atoms with van der Waals surface area (Å²) in [5.41, 5.74) is 1.92. The Balaban J connectivity index is 0.00000280. The number of ether oxygens (including phenoxy) is 2. The molecule has 3 rings (SSSR count). The van der Waals surface area contributed by atoms with Gasteiger partial charge in [0.1, 0.15) is 6.61 Å². The van der Waals surface area contributed by atoms with Crippen molar-refractivity contribution in [1.29, 1.82) is 0 Å². The number of hydrogen-bond acceptors (Lipinski definition) is 4. The highest BCUT2D eigenvalue weighted by atomic mass is 35.5. The number of methoxy groups -OCH3 is 1. The second-order valence-corrected chi connectivity index (χ2v) is 8.08. The van der Waals surface area contributed by atoms with Crippen LogP contribution in [0.15, 0.2) is 47.8 Å². The summed E-state index contributed by atoms with van der Waals surface area (Å²) in [4.78, 5) is 1.29. The predicted octanol–water partition coefficient (Wildman–Crippen LogP) is 7.01. The van der Waals surface area contributed by atoms with Crippen molar-refractivity contribution in [3.63, 3.8) is 0 Å². The largest absolute Gasteiger partial charge is 0.493 e. The maximum Gasteiger partial charge on any atom is 0.180 e. The van der Waals surface area contributed by atoms with Crippen molar-refractivity contribution in [3.05, 3.63) is 78.9 Å². The van der Waals surface area contributed by atoms with Gasteiger partial charge in [0.15, 0.2) is 11.5 Å². The van der Waals surface area contributed by atoms with Crippen molar-refractivity contribution >= 4 is 58.5 Å². The van der Waals surface area contributed by atoms with E-state index in [4.69, 9.17) is 44.3 Å². The normalized spacial score (nSPS) is 10.4. The van der Waals surface area contributed by atoms with Crippen molar-refractivity contribution in [1.82, 2.24) is 5.32 Å². The van der Waals surface area contributed by atoms with Crippen LogP contribution in [0.25, 0.3) is 0 Å². The van der Waals surface area contributed by atoms with Crippen molar-refractivity contribution in [3.8, 4) is 11.5 Å². The summed E-state index contributed by atoms with van der Waals surface area (Å²) in [6, 6.07) is 13.3. The molecular formula is C20H19Cl4NO2S. The summed E-state index contributed by atoms with van der Waals surface area (Å²) in [6.45, 7) is 1.80. The van der Waals surface area contributed by atoms with Gasteiger partial charge in [0.05, 0.1) is 22.2 Å². The summed E-state index contributed by atoms with van der Waals surface area (Å²) in [7, 11) is 1.60. The van der Waals surface area contributed by atoms with Crippen LogP contribution in [0.1, 0.15) is 16.0 Å². The van der Waals surface area contributed by atoms with E-state index in [-0.39, 0.29) is 12.4 Å². The Morgan fingerprint density at radius 2 is 1.71 bits per heavy atom. The molecule has 1 heterocycles. The Morgan fingerprint density at radius 1 is 0.929 bits per heavy atom. The van der Waals surface area contributed by atoms with Gasteiger partial charge in [0.25, 0.3) is 0 Å². The van der Waals surface area contributed by atoms with Gasteiger partial charge in [-0.05, 0) is 46.8 Å². The molecule has 150 valence electrons. The Morgan fingerprint density at radius 3 is 2.39 bits per heavy atom. The monoisotopic (exact) mass is 477 g/mol. The van der Waals surface area contributed by atoms with Crippen LogP contribution in [0.5, 0.6) is 11.5 Å². The molecule has 0 spiro atoms. The van der Waals surface area contributed by atoms with Crippen LogP contribution in [-0.4, -0.2) is 7.11 Å². The van der Waals surface area contributed by atoms with E-state index in [0.717, 1.165) is 17.7 Å². The van der Waals surface area contributed by atoms with Gasteiger partial charge >= 0.3 is 0 Å². The quantitative estimate of drug-likeness (QED) is 0.377. The Labute approximate surface area is 189 Å². The lowest BCUT2D eigenvalue weighted by Gasteiger charge is -2.15. The van der Waals surface area contributed by atoms with Gasteiger partial charge in [-0.25, -0.2) is 0 Å². The minimum absolute atomic E-state index is 0. The van der Waals surface area contributed by atoms with Gasteiger partial charge in [-0.2, -0.15) is 0 Å². The summed E-state index contributed by atoms with van der Waals surface area (Å²) < 4.78 is 11.3. The summed E-state index contributed by atoms with van der Waals surface area (Å²) in [5.74, 6) is 1.10. The zero-order valence-corrected chi connectivity index (χ0v) is 18.9. The predicted molar refractivity (Wildman–Crippen MR) is 121 cm³/mol. The first-order valence-corrected chi connectivity index (χ1v) is 10.2. The molecule has 8 heteroatoms. The highest BCUT2D eigenvalue weighted by Gasteiger charge is 2.13. The molecule has 0 radical (unpaired) electrons. The van der Waals surface area contributed by atoms with E-state index in [1.54, 1.807) is 30.6 Å². The highest BCUT2D eigenvalue weighted by molar-refractivity contribution is 7.09. The molecule has 1 N–H and O–H groups in total. The van der Waals surface area contributed by atoms with E-state index in [1.165, 1.54) is 4.88 Å². The zero-order chi connectivity index (χ0) is 19.2. The van der Waals surface area contributed by atoms with Crippen molar-refractivity contribution < 1.29 is 9.47 Å². The third-order valence-corrected chi connectivity index (χ3v) is 5.76. The fourth-order valence-electron chi connectivity index (χ4n) is 2.54. The first-order chi connectivity index (χ1) is 13.1. The summed E-state index contributed by atoms with van der Waals surface area (Å²) in [5, 5.41) is 6.97. The first-order valence-electron chi connectivity index (χ1n) is 8.23. The van der Waals surface area contributed by atoms with Crippen molar-refractivity contribution in [2.45, 2.75) is 19.7 Å². The van der Waals surface area contributed by atoms with Gasteiger partial charge in [0.2, 0.25) is 0 Å². The van der Waals surface area contributed by atoms with E-state index in [0.29, 0.717) is 39.7 Å². The summed E-state index contributed by atoms with van der Waals surface area (Å²) >= 11 is 20.2. The smallest absolute Gasteiger partial charge is 0.180 e. The minimum atomic E-state index is 0. The zero-order valence-electron chi connectivity index (χ0n) is 15.0. The first kappa shape index (κ1) is 23.1. The fraction of sp³-hybridized carbons (Fsp3) is 0.200. The van der Waals surface area contributed by atoms with Crippen LogP contribution in [0.2, 0.25) is 15.1 Å². The van der Waals surface area contributed by atoms with Gasteiger partial charge in [-0.1, -0.05) is 46.9 Å². The number of nitrogens with one attached hydrogen (secondary N) is 1. The molecule has 2 aromatic carbocycles. The van der Waals surface area contributed by atoms with E-state index in [1.807, 2.05) is 24.3 Å². The Hall–Kier alpha value is -1.14. The SMILES string of the molecule is COc1cc(CNCc2cccs2)cc(Cl)c1OCc1ccc(Cl)c(Cl)c1.Cl. The van der Waals surface area contributed by atoms with E-state index >= 15 is 0 Å². The average Bonchev–Trinajstić information content (AvgIpc) is 3.16. The van der Waals surface area contributed by atoms with Crippen LogP contribution in [0, 0.1) is 0 Å². The molecule has 0 atom stereocenters. The van der Waals surface area contributed by atoms with Gasteiger partial charge < -0.3 is 14.8 Å². The molecule has 1 aromatic heterocycles. The lowest BCUT2D eigenvalue weighted by atomic mass is 10.2. The van der Waals surface area contributed by atoms with Gasteiger partial charge in [0, 0.05) is 18.0 Å². The molecule has 0 fully saturated rings. The van der Waals surface area contributed by atoms with Crippen molar-refractivity contribution in [2.24, 2.45) is 0 Å². The van der Waals surface area contributed by atoms with E-state index < -0.39 is 0 Å². The fourth-order valence-corrected chi connectivity index (χ4v) is 3.83. The maximum atomic E-state index is 6.44. The molecule has 0 aliphatic heterocycles. The van der Waals surface area contributed by atoms with Gasteiger partial charge in [-0.15, -0.1) is 23.7 Å². The number of benzene rings is 2. The van der Waals surface area contributed by atoms with Crippen LogP contribution in [-0.2, 0) is 19.7 Å². The molecule has 0 aliphatic rings. The lowest BCUT2D eigenvalue weighted by molar-refractivity contribution is 0.284. The topological polar surface area (TPSA) is 30.5 Å². The second-order valence-electron chi connectivity index (χ2n) is 5.83. The molecule has 3 aromatic rings. The molecule has 28 heavy (non-hydrogen) atoms. The van der Waals surface area contributed by atoms with E-state index in [2.05, 4.69) is 16.8 Å². The van der Waals surface area contributed by atoms with Gasteiger partial charge in [-0.3, -0.25) is 0 Å². The third-order valence-electron chi connectivity index (χ3n) is 3.86. The number of rotatable bonds is 8. The van der Waals surface area contributed by atoms with Crippen LogP contribution in [0.3, 0.4) is 0 Å². The van der Waals surface area contributed by atoms with Crippen LogP contribution >= 0.6 is 58.5 Å². The highest BCUT2D eigenvalue weighted by Crippen LogP contribution is 2.37.